The number of nitrogens with zero attached hydrogens (tertiary/aromatic N) is 3. The van der Waals surface area contributed by atoms with Crippen molar-refractivity contribution < 1.29 is 18.0 Å². The van der Waals surface area contributed by atoms with Crippen LogP contribution in [-0.2, 0) is 17.8 Å². The number of aliphatic imine (C=N–C) groups is 1. The summed E-state index contributed by atoms with van der Waals surface area (Å²) < 4.78 is 37.3. The topological polar surface area (TPSA) is 84.6 Å². The molecule has 1 atom stereocenters. The number of ether oxygens (including phenoxy) is 1. The molecule has 10 heteroatoms. The second-order valence-corrected chi connectivity index (χ2v) is 5.16. The molecular formula is C16H22F2IN5O2. The quantitative estimate of drug-likeness (QED) is 0.360. The van der Waals surface area contributed by atoms with Gasteiger partial charge in [-0.3, -0.25) is 4.99 Å². The van der Waals surface area contributed by atoms with Gasteiger partial charge in [-0.15, -0.1) is 24.0 Å². The molecule has 26 heavy (non-hydrogen) atoms. The molecule has 2 aromatic rings. The molecule has 1 unspecified atom stereocenters. The summed E-state index contributed by atoms with van der Waals surface area (Å²) in [5, 5.41) is 9.70. The number of benzene rings is 1. The fourth-order valence-electron chi connectivity index (χ4n) is 2.07. The van der Waals surface area contributed by atoms with Crippen molar-refractivity contribution in [3.8, 4) is 0 Å². The van der Waals surface area contributed by atoms with Gasteiger partial charge in [-0.25, -0.2) is 8.78 Å². The zero-order chi connectivity index (χ0) is 18.2. The monoisotopic (exact) mass is 481 g/mol. The molecule has 0 radical (unpaired) electrons. The number of guanidine groups is 1. The molecule has 0 aliphatic heterocycles. The molecule has 0 aliphatic carbocycles. The van der Waals surface area contributed by atoms with Gasteiger partial charge < -0.3 is 19.9 Å². The van der Waals surface area contributed by atoms with E-state index in [9.17, 15) is 8.78 Å². The van der Waals surface area contributed by atoms with Crippen LogP contribution in [-0.4, -0.2) is 29.8 Å². The van der Waals surface area contributed by atoms with Crippen molar-refractivity contribution in [1.82, 2.24) is 20.8 Å². The molecule has 0 saturated carbocycles. The predicted molar refractivity (Wildman–Crippen MR) is 103 cm³/mol. The van der Waals surface area contributed by atoms with E-state index in [0.717, 1.165) is 18.2 Å². The highest BCUT2D eigenvalue weighted by Gasteiger charge is 2.14. The summed E-state index contributed by atoms with van der Waals surface area (Å²) in [6, 6.07) is 3.29. The minimum atomic E-state index is -0.497. The SMILES string of the molecule is CCOC(C)c1noc(CNC(=NC)NCc2cc(F)ccc2F)n1.I. The summed E-state index contributed by atoms with van der Waals surface area (Å²) >= 11 is 0. The van der Waals surface area contributed by atoms with Crippen LogP contribution in [0.1, 0.15) is 37.2 Å². The van der Waals surface area contributed by atoms with E-state index in [1.807, 2.05) is 13.8 Å². The molecule has 0 fully saturated rings. The van der Waals surface area contributed by atoms with E-state index in [2.05, 4.69) is 25.8 Å². The van der Waals surface area contributed by atoms with Gasteiger partial charge in [-0.05, 0) is 32.0 Å². The summed E-state index contributed by atoms with van der Waals surface area (Å²) in [6.07, 6.45) is -0.254. The average molecular weight is 481 g/mol. The van der Waals surface area contributed by atoms with E-state index < -0.39 is 11.6 Å². The third-order valence-corrected chi connectivity index (χ3v) is 3.35. The number of halogens is 3. The standard InChI is InChI=1S/C16H21F2N5O2.HI/c1-4-24-10(2)15-22-14(25-23-15)9-21-16(19-3)20-8-11-7-12(17)5-6-13(11)18;/h5-7,10H,4,8-9H2,1-3H3,(H2,19,20,21);1H. The molecular weight excluding hydrogens is 459 g/mol. The lowest BCUT2D eigenvalue weighted by atomic mass is 10.2. The van der Waals surface area contributed by atoms with Crippen LogP contribution in [0.2, 0.25) is 0 Å². The lowest BCUT2D eigenvalue weighted by molar-refractivity contribution is 0.0683. The Balaban J connectivity index is 0.00000338. The molecule has 2 N–H and O–H groups in total. The van der Waals surface area contributed by atoms with Crippen molar-refractivity contribution in [3.63, 3.8) is 0 Å². The van der Waals surface area contributed by atoms with Gasteiger partial charge >= 0.3 is 0 Å². The average Bonchev–Trinajstić information content (AvgIpc) is 3.07. The Labute approximate surface area is 167 Å². The first-order chi connectivity index (χ1) is 12.0. The Bertz CT molecular complexity index is 726. The normalized spacial score (nSPS) is 12.4. The van der Waals surface area contributed by atoms with Crippen LogP contribution < -0.4 is 10.6 Å². The van der Waals surface area contributed by atoms with E-state index in [1.54, 1.807) is 7.05 Å². The Morgan fingerprint density at radius 2 is 2.04 bits per heavy atom. The molecule has 1 aromatic carbocycles. The van der Waals surface area contributed by atoms with Gasteiger partial charge in [0.2, 0.25) is 5.89 Å². The van der Waals surface area contributed by atoms with Crippen LogP contribution in [0.15, 0.2) is 27.7 Å². The van der Waals surface area contributed by atoms with E-state index in [0.29, 0.717) is 24.3 Å². The maximum atomic E-state index is 13.6. The van der Waals surface area contributed by atoms with Crippen molar-refractivity contribution in [1.29, 1.82) is 0 Å². The molecule has 0 saturated heterocycles. The first kappa shape index (κ1) is 22.2. The predicted octanol–water partition coefficient (Wildman–Crippen LogP) is 2.93. The summed E-state index contributed by atoms with van der Waals surface area (Å²) in [7, 11) is 1.56. The van der Waals surface area contributed by atoms with Gasteiger partial charge in [0.05, 0.1) is 6.54 Å². The smallest absolute Gasteiger partial charge is 0.246 e. The summed E-state index contributed by atoms with van der Waals surface area (Å²) in [5.74, 6) is 0.227. The Morgan fingerprint density at radius 3 is 2.73 bits per heavy atom. The first-order valence-electron chi connectivity index (χ1n) is 7.86. The van der Waals surface area contributed by atoms with Crippen molar-refractivity contribution in [2.75, 3.05) is 13.7 Å². The highest BCUT2D eigenvalue weighted by molar-refractivity contribution is 14.0. The van der Waals surface area contributed by atoms with Gasteiger partial charge in [0, 0.05) is 25.8 Å². The van der Waals surface area contributed by atoms with E-state index >= 15 is 0 Å². The molecule has 0 amide bonds. The Hall–Kier alpha value is -1.82. The first-order valence-corrected chi connectivity index (χ1v) is 7.86. The largest absolute Gasteiger partial charge is 0.371 e. The highest BCUT2D eigenvalue weighted by atomic mass is 127. The Morgan fingerprint density at radius 1 is 1.31 bits per heavy atom. The molecule has 1 aromatic heterocycles. The van der Waals surface area contributed by atoms with Crippen LogP contribution in [0, 0.1) is 11.6 Å². The molecule has 0 spiro atoms. The molecule has 144 valence electrons. The van der Waals surface area contributed by atoms with Gasteiger partial charge in [0.15, 0.2) is 11.8 Å². The minimum Gasteiger partial charge on any atom is -0.371 e. The molecule has 7 nitrogen and oxygen atoms in total. The lowest BCUT2D eigenvalue weighted by Crippen LogP contribution is -2.36. The van der Waals surface area contributed by atoms with Crippen LogP contribution in [0.3, 0.4) is 0 Å². The van der Waals surface area contributed by atoms with E-state index in [4.69, 9.17) is 9.26 Å². The van der Waals surface area contributed by atoms with Gasteiger partial charge in [-0.1, -0.05) is 5.16 Å². The summed E-state index contributed by atoms with van der Waals surface area (Å²) in [6.45, 7) is 4.59. The fourth-order valence-corrected chi connectivity index (χ4v) is 2.07. The van der Waals surface area contributed by atoms with Crippen molar-refractivity contribution in [2.24, 2.45) is 4.99 Å². The van der Waals surface area contributed by atoms with Crippen LogP contribution in [0.5, 0.6) is 0 Å². The maximum Gasteiger partial charge on any atom is 0.246 e. The molecule has 2 rings (SSSR count). The van der Waals surface area contributed by atoms with Gasteiger partial charge in [0.25, 0.3) is 0 Å². The number of rotatable bonds is 7. The number of hydrogen-bond donors (Lipinski definition) is 2. The Kier molecular flexibility index (Phi) is 9.41. The summed E-state index contributed by atoms with van der Waals surface area (Å²) in [4.78, 5) is 8.23. The second kappa shape index (κ2) is 11.0. The van der Waals surface area contributed by atoms with Crippen LogP contribution in [0.25, 0.3) is 0 Å². The zero-order valence-corrected chi connectivity index (χ0v) is 17.1. The highest BCUT2D eigenvalue weighted by Crippen LogP contribution is 2.12. The zero-order valence-electron chi connectivity index (χ0n) is 14.8. The van der Waals surface area contributed by atoms with E-state index in [-0.39, 0.29) is 48.7 Å². The number of hydrogen-bond acceptors (Lipinski definition) is 5. The van der Waals surface area contributed by atoms with Crippen molar-refractivity contribution in [2.45, 2.75) is 33.0 Å². The molecule has 0 bridgehead atoms. The fraction of sp³-hybridized carbons (Fsp3) is 0.438. The third kappa shape index (κ3) is 6.48. The molecule has 0 aliphatic rings. The van der Waals surface area contributed by atoms with Crippen molar-refractivity contribution >= 4 is 29.9 Å². The van der Waals surface area contributed by atoms with Crippen LogP contribution in [0.4, 0.5) is 8.78 Å². The van der Waals surface area contributed by atoms with E-state index in [1.165, 1.54) is 0 Å². The number of nitrogens with one attached hydrogen (secondary N) is 2. The minimum absolute atomic E-state index is 0. The van der Waals surface area contributed by atoms with Gasteiger partial charge in [0.1, 0.15) is 17.7 Å². The van der Waals surface area contributed by atoms with Crippen molar-refractivity contribution in [3.05, 3.63) is 47.1 Å². The third-order valence-electron chi connectivity index (χ3n) is 3.35. The number of aromatic nitrogens is 2. The maximum absolute atomic E-state index is 13.6. The summed E-state index contributed by atoms with van der Waals surface area (Å²) in [5.41, 5.74) is 0.202. The second-order valence-electron chi connectivity index (χ2n) is 5.16. The lowest BCUT2D eigenvalue weighted by Gasteiger charge is -2.11. The molecule has 1 heterocycles. The van der Waals surface area contributed by atoms with Gasteiger partial charge in [-0.2, -0.15) is 4.98 Å². The van der Waals surface area contributed by atoms with Crippen LogP contribution >= 0.6 is 24.0 Å².